The molecule has 1 spiro atoms. The van der Waals surface area contributed by atoms with E-state index in [2.05, 4.69) is 10.6 Å². The van der Waals surface area contributed by atoms with Gasteiger partial charge in [0.15, 0.2) is 0 Å². The van der Waals surface area contributed by atoms with E-state index in [0.717, 1.165) is 50.3 Å². The lowest BCUT2D eigenvalue weighted by molar-refractivity contribution is -0.0554. The largest absolute Gasteiger partial charge is 0.392 e. The topological polar surface area (TPSA) is 75.5 Å². The predicted octanol–water partition coefficient (Wildman–Crippen LogP) is 3.17. The van der Waals surface area contributed by atoms with E-state index < -0.39 is 0 Å². The first kappa shape index (κ1) is 18.1. The molecule has 27 heavy (non-hydrogen) atoms. The third-order valence-corrected chi connectivity index (χ3v) is 6.11. The molecule has 0 radical (unpaired) electrons. The predicted molar refractivity (Wildman–Crippen MR) is 104 cm³/mol. The van der Waals surface area contributed by atoms with Crippen molar-refractivity contribution in [2.45, 2.75) is 31.8 Å². The number of nitrogens with one attached hydrogen (secondary N) is 2. The summed E-state index contributed by atoms with van der Waals surface area (Å²) in [7, 11) is 0. The van der Waals surface area contributed by atoms with Crippen molar-refractivity contribution in [3.05, 3.63) is 48.8 Å². The van der Waals surface area contributed by atoms with Crippen LogP contribution < -0.4 is 10.6 Å². The molecule has 6 heteroatoms. The van der Waals surface area contributed by atoms with Crippen molar-refractivity contribution in [3.8, 4) is 5.69 Å². The number of benzene rings is 1. The number of anilines is 1. The molecule has 1 aliphatic heterocycles. The van der Waals surface area contributed by atoms with Crippen molar-refractivity contribution in [1.82, 2.24) is 9.88 Å². The monoisotopic (exact) mass is 369 g/mol. The van der Waals surface area contributed by atoms with Gasteiger partial charge in [-0.05, 0) is 56.0 Å². The highest BCUT2D eigenvalue weighted by atomic mass is 16.5. The molecule has 1 saturated heterocycles. The van der Waals surface area contributed by atoms with Crippen molar-refractivity contribution >= 4 is 11.7 Å². The Hall–Kier alpha value is -2.31. The number of carbonyl (C=O) groups is 1. The second-order valence-corrected chi connectivity index (χ2v) is 7.69. The Kier molecular flexibility index (Phi) is 5.18. The highest BCUT2D eigenvalue weighted by Crippen LogP contribution is 2.48. The van der Waals surface area contributed by atoms with Crippen molar-refractivity contribution < 1.29 is 14.6 Å². The van der Waals surface area contributed by atoms with E-state index in [1.807, 2.05) is 53.4 Å². The molecule has 2 aliphatic rings. The Morgan fingerprint density at radius 3 is 2.74 bits per heavy atom. The first-order valence-electron chi connectivity index (χ1n) is 9.70. The Morgan fingerprint density at radius 2 is 1.96 bits per heavy atom. The maximum Gasteiger partial charge on any atom is 0.319 e. The van der Waals surface area contributed by atoms with E-state index in [0.29, 0.717) is 6.54 Å². The standard InChI is InChI=1S/C21H27N3O3/c25-19-16(6-7-21(19)8-12-27-13-9-21)15-22-20(26)23-17-4-3-5-18(14-17)24-10-1-2-11-24/h1-5,10-11,14,16,19,25H,6-9,12-13,15H2,(H2,22,23,26)/t16-,19+/m0/s1. The zero-order valence-electron chi connectivity index (χ0n) is 15.4. The average Bonchev–Trinajstić information content (AvgIpc) is 3.32. The lowest BCUT2D eigenvalue weighted by Gasteiger charge is -2.37. The number of amides is 2. The zero-order valence-corrected chi connectivity index (χ0v) is 15.4. The van der Waals surface area contributed by atoms with Gasteiger partial charge in [0.25, 0.3) is 0 Å². The highest BCUT2D eigenvalue weighted by Gasteiger charge is 2.48. The zero-order chi connectivity index (χ0) is 18.7. The van der Waals surface area contributed by atoms with Gasteiger partial charge in [-0.3, -0.25) is 0 Å². The molecule has 1 aliphatic carbocycles. The van der Waals surface area contributed by atoms with Gasteiger partial charge in [-0.25, -0.2) is 4.79 Å². The maximum absolute atomic E-state index is 12.3. The molecule has 1 aromatic heterocycles. The normalized spacial score (nSPS) is 24.0. The fourth-order valence-corrected chi connectivity index (χ4v) is 4.47. The van der Waals surface area contributed by atoms with Crippen LogP contribution in [0.4, 0.5) is 10.5 Å². The minimum Gasteiger partial charge on any atom is -0.392 e. The Labute approximate surface area is 159 Å². The Bertz CT molecular complexity index is 769. The fraction of sp³-hybridized carbons (Fsp3) is 0.476. The number of carbonyl (C=O) groups excluding carboxylic acids is 1. The second-order valence-electron chi connectivity index (χ2n) is 7.69. The molecule has 0 unspecified atom stereocenters. The summed E-state index contributed by atoms with van der Waals surface area (Å²) in [4.78, 5) is 12.3. The van der Waals surface area contributed by atoms with E-state index in [4.69, 9.17) is 4.74 Å². The molecule has 2 heterocycles. The number of aromatic nitrogens is 1. The van der Waals surface area contributed by atoms with Crippen LogP contribution in [-0.2, 0) is 4.74 Å². The molecule has 0 bridgehead atoms. The molecular weight excluding hydrogens is 342 g/mol. The van der Waals surface area contributed by atoms with Gasteiger partial charge in [0.1, 0.15) is 0 Å². The summed E-state index contributed by atoms with van der Waals surface area (Å²) in [6.45, 7) is 1.96. The van der Waals surface area contributed by atoms with Gasteiger partial charge in [-0.1, -0.05) is 6.07 Å². The number of aliphatic hydroxyl groups is 1. The summed E-state index contributed by atoms with van der Waals surface area (Å²) in [5, 5.41) is 16.6. The van der Waals surface area contributed by atoms with Crippen LogP contribution in [0.1, 0.15) is 25.7 Å². The fourth-order valence-electron chi connectivity index (χ4n) is 4.47. The van der Waals surface area contributed by atoms with Crippen LogP contribution in [-0.4, -0.2) is 41.6 Å². The van der Waals surface area contributed by atoms with Crippen molar-refractivity contribution in [3.63, 3.8) is 0 Å². The van der Waals surface area contributed by atoms with Crippen LogP contribution in [0.15, 0.2) is 48.8 Å². The van der Waals surface area contributed by atoms with E-state index >= 15 is 0 Å². The highest BCUT2D eigenvalue weighted by molar-refractivity contribution is 5.89. The average molecular weight is 369 g/mol. The van der Waals surface area contributed by atoms with Gasteiger partial charge >= 0.3 is 6.03 Å². The van der Waals surface area contributed by atoms with E-state index in [1.54, 1.807) is 0 Å². The summed E-state index contributed by atoms with van der Waals surface area (Å²) in [6, 6.07) is 11.4. The van der Waals surface area contributed by atoms with E-state index in [9.17, 15) is 9.90 Å². The Morgan fingerprint density at radius 1 is 1.19 bits per heavy atom. The number of rotatable bonds is 4. The third-order valence-electron chi connectivity index (χ3n) is 6.11. The van der Waals surface area contributed by atoms with Crippen molar-refractivity contribution in [1.29, 1.82) is 0 Å². The maximum atomic E-state index is 12.3. The van der Waals surface area contributed by atoms with Gasteiger partial charge in [-0.15, -0.1) is 0 Å². The summed E-state index contributed by atoms with van der Waals surface area (Å²) in [5.41, 5.74) is 1.73. The Balaban J connectivity index is 1.31. The molecule has 4 rings (SSSR count). The summed E-state index contributed by atoms with van der Waals surface area (Å²) < 4.78 is 7.44. The number of hydrogen-bond donors (Lipinski definition) is 3. The molecular formula is C21H27N3O3. The van der Waals surface area contributed by atoms with Crippen molar-refractivity contribution in [2.75, 3.05) is 25.1 Å². The van der Waals surface area contributed by atoms with Gasteiger partial charge in [0.05, 0.1) is 6.10 Å². The van der Waals surface area contributed by atoms with Crippen LogP contribution >= 0.6 is 0 Å². The second kappa shape index (κ2) is 7.74. The smallest absolute Gasteiger partial charge is 0.319 e. The number of hydrogen-bond acceptors (Lipinski definition) is 3. The van der Waals surface area contributed by atoms with Gasteiger partial charge in [0.2, 0.25) is 0 Å². The molecule has 2 amide bonds. The number of nitrogens with zero attached hydrogens (tertiary/aromatic N) is 1. The summed E-state index contributed by atoms with van der Waals surface area (Å²) >= 11 is 0. The SMILES string of the molecule is O=C(NC[C@@H]1CCC2(CCOCC2)[C@@H]1O)Nc1cccc(-n2cccc2)c1. The molecule has 3 N–H and O–H groups in total. The van der Waals surface area contributed by atoms with E-state index in [-0.39, 0.29) is 23.5 Å². The minimum absolute atomic E-state index is 0.00777. The van der Waals surface area contributed by atoms with Gasteiger partial charge < -0.3 is 25.0 Å². The van der Waals surface area contributed by atoms with Crippen LogP contribution in [0.2, 0.25) is 0 Å². The van der Waals surface area contributed by atoms with Crippen molar-refractivity contribution in [2.24, 2.45) is 11.3 Å². The quantitative estimate of drug-likeness (QED) is 0.775. The summed E-state index contributed by atoms with van der Waals surface area (Å²) in [5.74, 6) is 0.111. The van der Waals surface area contributed by atoms with Crippen LogP contribution in [0.5, 0.6) is 0 Å². The van der Waals surface area contributed by atoms with E-state index in [1.165, 1.54) is 0 Å². The third kappa shape index (κ3) is 3.87. The lowest BCUT2D eigenvalue weighted by atomic mass is 9.76. The first-order valence-corrected chi connectivity index (χ1v) is 9.70. The van der Waals surface area contributed by atoms with Gasteiger partial charge in [-0.2, -0.15) is 0 Å². The molecule has 1 aromatic carbocycles. The van der Waals surface area contributed by atoms with Crippen LogP contribution in [0, 0.1) is 11.3 Å². The number of aliphatic hydroxyl groups excluding tert-OH is 1. The summed E-state index contributed by atoms with van der Waals surface area (Å²) in [6.07, 6.45) is 7.37. The minimum atomic E-state index is -0.362. The van der Waals surface area contributed by atoms with Gasteiger partial charge in [0, 0.05) is 54.9 Å². The molecule has 2 aromatic rings. The molecule has 1 saturated carbocycles. The number of ether oxygens (including phenoxy) is 1. The molecule has 2 atom stereocenters. The lowest BCUT2D eigenvalue weighted by Crippen LogP contribution is -2.42. The molecule has 6 nitrogen and oxygen atoms in total. The first-order chi connectivity index (χ1) is 13.2. The number of urea groups is 1. The molecule has 144 valence electrons. The molecule has 2 fully saturated rings. The van der Waals surface area contributed by atoms with Crippen LogP contribution in [0.25, 0.3) is 5.69 Å². The van der Waals surface area contributed by atoms with Crippen LogP contribution in [0.3, 0.4) is 0 Å².